The highest BCUT2D eigenvalue weighted by molar-refractivity contribution is 5.43. The maximum absolute atomic E-state index is 5.40. The monoisotopic (exact) mass is 293 g/mol. The van der Waals surface area contributed by atoms with Gasteiger partial charge in [-0.1, -0.05) is 26.8 Å². The maximum Gasteiger partial charge on any atom is 0.161 e. The number of hydrogen-bond donors (Lipinski definition) is 1. The minimum Gasteiger partial charge on any atom is -0.493 e. The van der Waals surface area contributed by atoms with E-state index in [0.29, 0.717) is 12.1 Å². The van der Waals surface area contributed by atoms with Crippen LogP contribution < -0.4 is 14.8 Å². The number of nitrogens with one attached hydrogen (secondary N) is 1. The molecular weight excluding hydrogens is 262 g/mol. The molecule has 0 radical (unpaired) electrons. The van der Waals surface area contributed by atoms with Crippen molar-refractivity contribution >= 4 is 0 Å². The molecule has 120 valence electrons. The molecule has 0 aliphatic heterocycles. The molecule has 0 fully saturated rings. The Hall–Kier alpha value is -1.22. The summed E-state index contributed by atoms with van der Waals surface area (Å²) in [5, 5.41) is 3.73. The van der Waals surface area contributed by atoms with Crippen molar-refractivity contribution in [2.24, 2.45) is 5.92 Å². The molecule has 0 aliphatic carbocycles. The van der Waals surface area contributed by atoms with Gasteiger partial charge in [-0.2, -0.15) is 0 Å². The van der Waals surface area contributed by atoms with E-state index in [9.17, 15) is 0 Å². The fraction of sp³-hybridized carbons (Fsp3) is 0.667. The zero-order valence-corrected chi connectivity index (χ0v) is 14.4. The molecule has 0 saturated heterocycles. The molecule has 0 saturated carbocycles. The van der Waals surface area contributed by atoms with Crippen LogP contribution in [0.4, 0.5) is 0 Å². The van der Waals surface area contributed by atoms with Crippen molar-refractivity contribution in [3.63, 3.8) is 0 Å². The third-order valence-corrected chi connectivity index (χ3v) is 3.88. The Morgan fingerprint density at radius 3 is 2.19 bits per heavy atom. The summed E-state index contributed by atoms with van der Waals surface area (Å²) in [5.74, 6) is 2.34. The molecule has 3 heteroatoms. The van der Waals surface area contributed by atoms with Crippen LogP contribution in [0.3, 0.4) is 0 Å². The van der Waals surface area contributed by atoms with E-state index in [0.717, 1.165) is 23.8 Å². The Bertz CT molecular complexity index is 418. The van der Waals surface area contributed by atoms with Crippen molar-refractivity contribution in [2.75, 3.05) is 14.2 Å². The number of benzene rings is 1. The van der Waals surface area contributed by atoms with Gasteiger partial charge in [0.1, 0.15) is 0 Å². The summed E-state index contributed by atoms with van der Waals surface area (Å²) < 4.78 is 10.7. The summed E-state index contributed by atoms with van der Waals surface area (Å²) in [4.78, 5) is 0. The average Bonchev–Trinajstić information content (AvgIpc) is 2.49. The number of hydrogen-bond acceptors (Lipinski definition) is 3. The van der Waals surface area contributed by atoms with Crippen LogP contribution in [-0.2, 0) is 0 Å². The fourth-order valence-corrected chi connectivity index (χ4v) is 2.53. The molecule has 0 heterocycles. The molecule has 1 rings (SSSR count). The molecule has 2 unspecified atom stereocenters. The van der Waals surface area contributed by atoms with Gasteiger partial charge < -0.3 is 14.8 Å². The van der Waals surface area contributed by atoms with Gasteiger partial charge in [-0.25, -0.2) is 0 Å². The van der Waals surface area contributed by atoms with E-state index in [1.807, 2.05) is 6.07 Å². The number of ether oxygens (including phenoxy) is 2. The third-order valence-electron chi connectivity index (χ3n) is 3.88. The fourth-order valence-electron chi connectivity index (χ4n) is 2.53. The molecule has 0 spiro atoms. The molecule has 1 aromatic rings. The van der Waals surface area contributed by atoms with Crippen molar-refractivity contribution in [3.05, 3.63) is 23.8 Å². The highest BCUT2D eigenvalue weighted by Gasteiger charge is 2.15. The van der Waals surface area contributed by atoms with Crippen molar-refractivity contribution in [1.82, 2.24) is 5.32 Å². The van der Waals surface area contributed by atoms with Gasteiger partial charge >= 0.3 is 0 Å². The van der Waals surface area contributed by atoms with Crippen LogP contribution in [0.15, 0.2) is 18.2 Å². The van der Waals surface area contributed by atoms with Gasteiger partial charge in [-0.15, -0.1) is 0 Å². The second-order valence-corrected chi connectivity index (χ2v) is 6.11. The van der Waals surface area contributed by atoms with Crippen LogP contribution in [0.1, 0.15) is 58.6 Å². The van der Waals surface area contributed by atoms with Gasteiger partial charge in [0.2, 0.25) is 0 Å². The molecule has 0 bridgehead atoms. The van der Waals surface area contributed by atoms with Crippen LogP contribution in [0.25, 0.3) is 0 Å². The number of rotatable bonds is 9. The van der Waals surface area contributed by atoms with Gasteiger partial charge in [-0.3, -0.25) is 0 Å². The van der Waals surface area contributed by atoms with Crippen molar-refractivity contribution in [1.29, 1.82) is 0 Å². The quantitative estimate of drug-likeness (QED) is 0.723. The van der Waals surface area contributed by atoms with Gasteiger partial charge in [0.15, 0.2) is 11.5 Å². The summed E-state index contributed by atoms with van der Waals surface area (Å²) >= 11 is 0. The molecule has 0 aliphatic rings. The molecular formula is C18H31NO2. The minimum atomic E-state index is 0.354. The van der Waals surface area contributed by atoms with E-state index >= 15 is 0 Å². The molecule has 3 nitrogen and oxygen atoms in total. The second-order valence-electron chi connectivity index (χ2n) is 6.11. The lowest BCUT2D eigenvalue weighted by Gasteiger charge is -2.24. The second kappa shape index (κ2) is 8.93. The predicted molar refractivity (Wildman–Crippen MR) is 89.2 cm³/mol. The smallest absolute Gasteiger partial charge is 0.161 e. The van der Waals surface area contributed by atoms with Gasteiger partial charge in [-0.05, 0) is 49.8 Å². The molecule has 21 heavy (non-hydrogen) atoms. The molecule has 1 aromatic carbocycles. The maximum atomic E-state index is 5.40. The zero-order chi connectivity index (χ0) is 15.8. The molecule has 0 aromatic heterocycles. The van der Waals surface area contributed by atoms with Crippen LogP contribution in [-0.4, -0.2) is 20.3 Å². The van der Waals surface area contributed by atoms with Crippen molar-refractivity contribution in [2.45, 2.75) is 59.0 Å². The first-order chi connectivity index (χ1) is 10.0. The lowest BCUT2D eigenvalue weighted by Crippen LogP contribution is -2.30. The zero-order valence-electron chi connectivity index (χ0n) is 14.4. The Labute approximate surface area is 130 Å². The van der Waals surface area contributed by atoms with Crippen LogP contribution in [0.2, 0.25) is 0 Å². The molecule has 2 atom stereocenters. The van der Waals surface area contributed by atoms with Gasteiger partial charge in [0.25, 0.3) is 0 Å². The van der Waals surface area contributed by atoms with E-state index in [1.54, 1.807) is 14.2 Å². The van der Waals surface area contributed by atoms with Gasteiger partial charge in [0, 0.05) is 12.1 Å². The normalized spacial score (nSPS) is 14.0. The van der Waals surface area contributed by atoms with E-state index in [1.165, 1.54) is 18.4 Å². The largest absolute Gasteiger partial charge is 0.493 e. The van der Waals surface area contributed by atoms with E-state index in [-0.39, 0.29) is 0 Å². The highest BCUT2D eigenvalue weighted by Crippen LogP contribution is 2.31. The topological polar surface area (TPSA) is 30.5 Å². The van der Waals surface area contributed by atoms with Crippen LogP contribution in [0.5, 0.6) is 11.5 Å². The van der Waals surface area contributed by atoms with Crippen LogP contribution >= 0.6 is 0 Å². The van der Waals surface area contributed by atoms with Crippen molar-refractivity contribution in [3.8, 4) is 11.5 Å². The standard InChI is InChI=1S/C18H31NO2/c1-7-16(19-14(4)9-8-13(2)3)15-10-11-17(20-5)18(12-15)21-6/h10-14,16,19H,7-9H2,1-6H3. The van der Waals surface area contributed by atoms with Crippen molar-refractivity contribution < 1.29 is 9.47 Å². The first-order valence-corrected chi connectivity index (χ1v) is 7.99. The Morgan fingerprint density at radius 1 is 1.00 bits per heavy atom. The lowest BCUT2D eigenvalue weighted by molar-refractivity contribution is 0.352. The summed E-state index contributed by atoms with van der Waals surface area (Å²) in [6.07, 6.45) is 3.53. The average molecular weight is 293 g/mol. The first-order valence-electron chi connectivity index (χ1n) is 7.99. The van der Waals surface area contributed by atoms with E-state index in [4.69, 9.17) is 9.47 Å². The Kier molecular flexibility index (Phi) is 7.58. The number of methoxy groups -OCH3 is 2. The summed E-state index contributed by atoms with van der Waals surface area (Å²) in [5.41, 5.74) is 1.26. The summed E-state index contributed by atoms with van der Waals surface area (Å²) in [6, 6.07) is 7.06. The summed E-state index contributed by atoms with van der Waals surface area (Å²) in [6.45, 7) is 9.03. The van der Waals surface area contributed by atoms with Crippen LogP contribution in [0, 0.1) is 5.92 Å². The van der Waals surface area contributed by atoms with Gasteiger partial charge in [0.05, 0.1) is 14.2 Å². The minimum absolute atomic E-state index is 0.354. The predicted octanol–water partition coefficient (Wildman–Crippen LogP) is 4.57. The van der Waals surface area contributed by atoms with E-state index in [2.05, 4.69) is 45.1 Å². The highest BCUT2D eigenvalue weighted by atomic mass is 16.5. The first kappa shape index (κ1) is 17.8. The molecule has 1 N–H and O–H groups in total. The SMILES string of the molecule is CCC(NC(C)CCC(C)C)c1ccc(OC)c(OC)c1. The Balaban J connectivity index is 2.75. The Morgan fingerprint density at radius 2 is 1.67 bits per heavy atom. The molecule has 0 amide bonds. The van der Waals surface area contributed by atoms with E-state index < -0.39 is 0 Å². The summed E-state index contributed by atoms with van der Waals surface area (Å²) in [7, 11) is 3.35. The lowest BCUT2D eigenvalue weighted by atomic mass is 10.00. The third kappa shape index (κ3) is 5.58.